The first-order chi connectivity index (χ1) is 11.0. The van der Waals surface area contributed by atoms with Gasteiger partial charge in [0.05, 0.1) is 16.2 Å². The second kappa shape index (κ2) is 6.07. The van der Waals surface area contributed by atoms with Crippen LogP contribution in [-0.2, 0) is 16.2 Å². The van der Waals surface area contributed by atoms with E-state index in [2.05, 4.69) is 0 Å². The van der Waals surface area contributed by atoms with Crippen molar-refractivity contribution in [3.63, 3.8) is 0 Å². The first-order valence-electron chi connectivity index (χ1n) is 6.16. The van der Waals surface area contributed by atoms with Crippen LogP contribution in [0.4, 0.5) is 28.9 Å². The molecule has 0 saturated carbocycles. The molecular weight excluding hydrogens is 356 g/mol. The standard InChI is InChI=1S/C13H8F4N2O4S/c14-12-8(13(15,16)17)4-3-5-9(12)18-24(22,23)11-7-2-1-6-10(11)19(20)21/h1-7,18H. The molecule has 0 fully saturated rings. The maximum absolute atomic E-state index is 13.9. The smallest absolute Gasteiger partial charge is 0.276 e. The Labute approximate surface area is 132 Å². The minimum absolute atomic E-state index is 0.443. The van der Waals surface area contributed by atoms with Crippen LogP contribution in [-0.4, -0.2) is 13.3 Å². The second-order valence-electron chi connectivity index (χ2n) is 4.50. The monoisotopic (exact) mass is 364 g/mol. The summed E-state index contributed by atoms with van der Waals surface area (Å²) in [7, 11) is -4.67. The van der Waals surface area contributed by atoms with Gasteiger partial charge >= 0.3 is 6.18 Å². The molecule has 1 N–H and O–H groups in total. The number of nitro groups is 1. The maximum Gasteiger partial charge on any atom is 0.419 e. The van der Waals surface area contributed by atoms with Gasteiger partial charge in [0.1, 0.15) is 0 Å². The lowest BCUT2D eigenvalue weighted by atomic mass is 10.2. The third kappa shape index (κ3) is 3.45. The predicted octanol–water partition coefficient (Wildman–Crippen LogP) is 3.55. The molecule has 128 valence electrons. The molecule has 0 aliphatic heterocycles. The van der Waals surface area contributed by atoms with Gasteiger partial charge in [0.2, 0.25) is 0 Å². The average molecular weight is 364 g/mol. The fraction of sp³-hybridized carbons (Fsp3) is 0.0769. The minimum Gasteiger partial charge on any atom is -0.276 e. The molecule has 0 aliphatic rings. The Morgan fingerprint density at radius 2 is 1.67 bits per heavy atom. The highest BCUT2D eigenvalue weighted by Crippen LogP contribution is 2.35. The number of halogens is 4. The fourth-order valence-electron chi connectivity index (χ4n) is 1.86. The molecule has 0 saturated heterocycles. The van der Waals surface area contributed by atoms with Gasteiger partial charge in [-0.15, -0.1) is 0 Å². The number of hydrogen-bond acceptors (Lipinski definition) is 4. The lowest BCUT2D eigenvalue weighted by Crippen LogP contribution is -2.17. The summed E-state index contributed by atoms with van der Waals surface area (Å²) in [6.07, 6.45) is -5.02. The van der Waals surface area contributed by atoms with E-state index in [0.717, 1.165) is 24.3 Å². The van der Waals surface area contributed by atoms with Crippen molar-refractivity contribution in [3.05, 3.63) is 64.0 Å². The summed E-state index contributed by atoms with van der Waals surface area (Å²) in [6.45, 7) is 0. The summed E-state index contributed by atoms with van der Waals surface area (Å²) in [6, 6.07) is 6.20. The van der Waals surface area contributed by atoms with Crippen LogP contribution in [0.2, 0.25) is 0 Å². The van der Waals surface area contributed by atoms with Crippen LogP contribution < -0.4 is 4.72 Å². The van der Waals surface area contributed by atoms with Crippen LogP contribution in [0.25, 0.3) is 0 Å². The molecule has 11 heteroatoms. The molecule has 2 aromatic carbocycles. The summed E-state index contributed by atoms with van der Waals surface area (Å²) >= 11 is 0. The summed E-state index contributed by atoms with van der Waals surface area (Å²) in [5.41, 5.74) is -3.43. The van der Waals surface area contributed by atoms with Crippen molar-refractivity contribution >= 4 is 21.4 Å². The van der Waals surface area contributed by atoms with Crippen LogP contribution in [0, 0.1) is 15.9 Å². The number of nitrogens with one attached hydrogen (secondary N) is 1. The third-order valence-electron chi connectivity index (χ3n) is 2.90. The summed E-state index contributed by atoms with van der Waals surface area (Å²) < 4.78 is 77.8. The van der Waals surface area contributed by atoms with Crippen molar-refractivity contribution < 1.29 is 30.9 Å². The van der Waals surface area contributed by atoms with Crippen LogP contribution in [0.1, 0.15) is 5.56 Å². The van der Waals surface area contributed by atoms with Crippen molar-refractivity contribution in [2.45, 2.75) is 11.1 Å². The van der Waals surface area contributed by atoms with Gasteiger partial charge in [-0.1, -0.05) is 18.2 Å². The van der Waals surface area contributed by atoms with E-state index in [0.29, 0.717) is 6.07 Å². The molecule has 0 unspecified atom stereocenters. The van der Waals surface area contributed by atoms with Gasteiger partial charge in [0, 0.05) is 6.07 Å². The number of nitrogens with zero attached hydrogens (tertiary/aromatic N) is 1. The van der Waals surface area contributed by atoms with Gasteiger partial charge in [-0.05, 0) is 18.2 Å². The van der Waals surface area contributed by atoms with E-state index in [1.807, 2.05) is 0 Å². The zero-order valence-corrected chi connectivity index (χ0v) is 12.4. The Morgan fingerprint density at radius 1 is 1.04 bits per heavy atom. The Morgan fingerprint density at radius 3 is 2.25 bits per heavy atom. The van der Waals surface area contributed by atoms with Crippen LogP contribution in [0.15, 0.2) is 47.4 Å². The quantitative estimate of drug-likeness (QED) is 0.510. The van der Waals surface area contributed by atoms with Gasteiger partial charge in [-0.3, -0.25) is 14.8 Å². The molecule has 0 heterocycles. The Kier molecular flexibility index (Phi) is 4.47. The first kappa shape index (κ1) is 17.7. The number of hydrogen-bond donors (Lipinski definition) is 1. The van der Waals surface area contributed by atoms with Crippen molar-refractivity contribution in [3.8, 4) is 0 Å². The van der Waals surface area contributed by atoms with Crippen molar-refractivity contribution in [2.75, 3.05) is 4.72 Å². The SMILES string of the molecule is O=[N+]([O-])c1ccccc1S(=O)(=O)Nc1cccc(C(F)(F)F)c1F. The van der Waals surface area contributed by atoms with Crippen molar-refractivity contribution in [2.24, 2.45) is 0 Å². The molecular formula is C13H8F4N2O4S. The van der Waals surface area contributed by atoms with E-state index in [-0.39, 0.29) is 0 Å². The highest BCUT2D eigenvalue weighted by molar-refractivity contribution is 7.92. The first-order valence-corrected chi connectivity index (χ1v) is 7.64. The van der Waals surface area contributed by atoms with Crippen molar-refractivity contribution in [1.82, 2.24) is 0 Å². The third-order valence-corrected chi connectivity index (χ3v) is 4.31. The predicted molar refractivity (Wildman–Crippen MR) is 75.3 cm³/mol. The zero-order chi connectivity index (χ0) is 18.1. The number of alkyl halides is 3. The van der Waals surface area contributed by atoms with Gasteiger partial charge in [-0.25, -0.2) is 12.8 Å². The van der Waals surface area contributed by atoms with Crippen LogP contribution in [0.3, 0.4) is 0 Å². The largest absolute Gasteiger partial charge is 0.419 e. The highest BCUT2D eigenvalue weighted by atomic mass is 32.2. The van der Waals surface area contributed by atoms with E-state index in [4.69, 9.17) is 0 Å². The van der Waals surface area contributed by atoms with E-state index in [1.54, 1.807) is 4.72 Å². The number of nitro benzene ring substituents is 1. The highest BCUT2D eigenvalue weighted by Gasteiger charge is 2.36. The molecule has 24 heavy (non-hydrogen) atoms. The molecule has 2 rings (SSSR count). The second-order valence-corrected chi connectivity index (χ2v) is 6.15. The van der Waals surface area contributed by atoms with Gasteiger partial charge in [0.25, 0.3) is 15.7 Å². The molecule has 0 atom stereocenters. The van der Waals surface area contributed by atoms with Gasteiger partial charge < -0.3 is 0 Å². The molecule has 0 aliphatic carbocycles. The number of rotatable bonds is 4. The molecule has 0 radical (unpaired) electrons. The van der Waals surface area contributed by atoms with Gasteiger partial charge in [-0.2, -0.15) is 13.2 Å². The molecule has 0 amide bonds. The molecule has 0 spiro atoms. The molecule has 0 bridgehead atoms. The fourth-order valence-corrected chi connectivity index (χ4v) is 3.10. The average Bonchev–Trinajstić information content (AvgIpc) is 2.48. The molecule has 2 aromatic rings. The van der Waals surface area contributed by atoms with Gasteiger partial charge in [0.15, 0.2) is 10.7 Å². The topological polar surface area (TPSA) is 89.3 Å². The van der Waals surface area contributed by atoms with E-state index in [1.165, 1.54) is 12.1 Å². The van der Waals surface area contributed by atoms with Crippen LogP contribution in [0.5, 0.6) is 0 Å². The Bertz CT molecular complexity index is 897. The van der Waals surface area contributed by atoms with E-state index in [9.17, 15) is 36.1 Å². The summed E-state index contributed by atoms with van der Waals surface area (Å²) in [5.74, 6) is -1.83. The minimum atomic E-state index is -5.02. The number of para-hydroxylation sites is 1. The van der Waals surface area contributed by atoms with Crippen LogP contribution >= 0.6 is 0 Å². The number of sulfonamides is 1. The molecule has 0 aromatic heterocycles. The van der Waals surface area contributed by atoms with E-state index >= 15 is 0 Å². The van der Waals surface area contributed by atoms with Crippen molar-refractivity contribution in [1.29, 1.82) is 0 Å². The number of anilines is 1. The Hall–Kier alpha value is -2.69. The summed E-state index contributed by atoms with van der Waals surface area (Å²) in [4.78, 5) is 9.09. The molecule has 6 nitrogen and oxygen atoms in total. The number of benzene rings is 2. The maximum atomic E-state index is 13.9. The Balaban J connectivity index is 2.51. The zero-order valence-electron chi connectivity index (χ0n) is 11.5. The lowest BCUT2D eigenvalue weighted by Gasteiger charge is -2.13. The van der Waals surface area contributed by atoms with E-state index < -0.39 is 48.8 Å². The lowest BCUT2D eigenvalue weighted by molar-refractivity contribution is -0.387. The summed E-state index contributed by atoms with van der Waals surface area (Å²) in [5, 5.41) is 10.9. The normalized spacial score (nSPS) is 12.0.